The molecule has 1 N–H and O–H groups in total. The Hall–Kier alpha value is -2.36. The average molecular weight is 419 g/mol. The second kappa shape index (κ2) is 7.94. The lowest BCUT2D eigenvalue weighted by molar-refractivity contribution is 0.548. The Bertz CT molecular complexity index is 1180. The van der Waals surface area contributed by atoms with E-state index in [2.05, 4.69) is 14.8 Å². The van der Waals surface area contributed by atoms with Gasteiger partial charge in [0.15, 0.2) is 0 Å². The molecule has 7 nitrogen and oxygen atoms in total. The van der Waals surface area contributed by atoms with Crippen molar-refractivity contribution in [1.29, 1.82) is 0 Å². The minimum Gasteiger partial charge on any atom is -0.268 e. The van der Waals surface area contributed by atoms with Crippen LogP contribution in [0.25, 0.3) is 10.6 Å². The number of hydrogen-bond acceptors (Lipinski definition) is 6. The maximum atomic E-state index is 12.6. The third kappa shape index (κ3) is 4.37. The normalized spacial score (nSPS) is 11.7. The molecule has 0 radical (unpaired) electrons. The second-order valence-electron chi connectivity index (χ2n) is 6.59. The van der Waals surface area contributed by atoms with Crippen LogP contribution in [0.2, 0.25) is 0 Å². The molecule has 148 valence electrons. The van der Waals surface area contributed by atoms with Gasteiger partial charge >= 0.3 is 0 Å². The molecule has 0 aliphatic carbocycles. The van der Waals surface area contributed by atoms with Crippen molar-refractivity contribution >= 4 is 21.4 Å². The number of hydrogen-bond donors (Lipinski definition) is 1. The third-order valence-corrected chi connectivity index (χ3v) is 6.95. The SMILES string of the molecule is Cc1ccc(C)c(S(=O)(=O)NCCn2nc(-c3sc(C)nc3C)ccc2=O)c1. The molecule has 2 aromatic heterocycles. The van der Waals surface area contributed by atoms with Gasteiger partial charge in [-0.05, 0) is 51.0 Å². The molecule has 0 fully saturated rings. The zero-order valence-electron chi connectivity index (χ0n) is 16.2. The predicted molar refractivity (Wildman–Crippen MR) is 110 cm³/mol. The number of aromatic nitrogens is 3. The van der Waals surface area contributed by atoms with Gasteiger partial charge in [-0.3, -0.25) is 4.79 Å². The van der Waals surface area contributed by atoms with Gasteiger partial charge in [0.2, 0.25) is 10.0 Å². The lowest BCUT2D eigenvalue weighted by Crippen LogP contribution is -2.32. The lowest BCUT2D eigenvalue weighted by Gasteiger charge is -2.11. The maximum Gasteiger partial charge on any atom is 0.266 e. The molecule has 28 heavy (non-hydrogen) atoms. The van der Waals surface area contributed by atoms with Gasteiger partial charge in [-0.2, -0.15) is 5.10 Å². The summed E-state index contributed by atoms with van der Waals surface area (Å²) in [5.74, 6) is 0. The summed E-state index contributed by atoms with van der Waals surface area (Å²) in [4.78, 5) is 17.7. The van der Waals surface area contributed by atoms with Crippen LogP contribution in [0.15, 0.2) is 40.0 Å². The Labute approximate surface area is 168 Å². The number of nitrogens with zero attached hydrogens (tertiary/aromatic N) is 3. The van der Waals surface area contributed by atoms with Crippen LogP contribution in [0.5, 0.6) is 0 Å². The topological polar surface area (TPSA) is 93.9 Å². The Balaban J connectivity index is 1.78. The Morgan fingerprint density at radius 1 is 1.11 bits per heavy atom. The van der Waals surface area contributed by atoms with Crippen molar-refractivity contribution in [3.8, 4) is 10.6 Å². The highest BCUT2D eigenvalue weighted by Gasteiger charge is 2.17. The van der Waals surface area contributed by atoms with Crippen LogP contribution in [-0.2, 0) is 16.6 Å². The summed E-state index contributed by atoms with van der Waals surface area (Å²) >= 11 is 1.51. The summed E-state index contributed by atoms with van der Waals surface area (Å²) in [5, 5.41) is 5.30. The molecule has 9 heteroatoms. The Kier molecular flexibility index (Phi) is 5.78. The molecular weight excluding hydrogens is 396 g/mol. The van der Waals surface area contributed by atoms with Gasteiger partial charge in [-0.15, -0.1) is 11.3 Å². The van der Waals surface area contributed by atoms with Crippen LogP contribution in [0.4, 0.5) is 0 Å². The van der Waals surface area contributed by atoms with Crippen molar-refractivity contribution in [3.05, 3.63) is 62.5 Å². The van der Waals surface area contributed by atoms with Gasteiger partial charge in [-0.1, -0.05) is 12.1 Å². The van der Waals surface area contributed by atoms with Gasteiger partial charge in [0.05, 0.1) is 27.0 Å². The highest BCUT2D eigenvalue weighted by Crippen LogP contribution is 2.27. The summed E-state index contributed by atoms with van der Waals surface area (Å²) in [6.07, 6.45) is 0. The minimum absolute atomic E-state index is 0.0623. The van der Waals surface area contributed by atoms with Crippen LogP contribution in [0.1, 0.15) is 21.8 Å². The molecule has 3 rings (SSSR count). The van der Waals surface area contributed by atoms with E-state index in [0.29, 0.717) is 11.3 Å². The van der Waals surface area contributed by atoms with Crippen molar-refractivity contribution < 1.29 is 8.42 Å². The highest BCUT2D eigenvalue weighted by molar-refractivity contribution is 7.89. The highest BCUT2D eigenvalue weighted by atomic mass is 32.2. The number of benzene rings is 1. The van der Waals surface area contributed by atoms with Crippen LogP contribution in [0, 0.1) is 27.7 Å². The van der Waals surface area contributed by atoms with E-state index >= 15 is 0 Å². The van der Waals surface area contributed by atoms with Crippen LogP contribution in [-0.4, -0.2) is 29.7 Å². The van der Waals surface area contributed by atoms with E-state index < -0.39 is 10.0 Å². The van der Waals surface area contributed by atoms with Gasteiger partial charge in [-0.25, -0.2) is 22.8 Å². The molecule has 0 aliphatic rings. The molecule has 0 atom stereocenters. The smallest absolute Gasteiger partial charge is 0.266 e. The predicted octanol–water partition coefficient (Wildman–Crippen LogP) is 2.58. The second-order valence-corrected chi connectivity index (χ2v) is 9.53. The van der Waals surface area contributed by atoms with E-state index in [0.717, 1.165) is 21.1 Å². The number of nitrogens with one attached hydrogen (secondary N) is 1. The van der Waals surface area contributed by atoms with Gasteiger partial charge in [0.1, 0.15) is 5.69 Å². The van der Waals surface area contributed by atoms with Crippen LogP contribution < -0.4 is 10.3 Å². The molecule has 0 saturated heterocycles. The van der Waals surface area contributed by atoms with Crippen molar-refractivity contribution in [2.45, 2.75) is 39.1 Å². The lowest BCUT2D eigenvalue weighted by atomic mass is 10.2. The zero-order valence-corrected chi connectivity index (χ0v) is 17.8. The molecule has 0 unspecified atom stereocenters. The molecule has 0 aliphatic heterocycles. The molecule has 0 saturated carbocycles. The fourth-order valence-electron chi connectivity index (χ4n) is 2.86. The monoisotopic (exact) mass is 418 g/mol. The number of thiazole rings is 1. The molecule has 0 spiro atoms. The molecule has 3 aromatic rings. The summed E-state index contributed by atoms with van der Waals surface area (Å²) in [5.41, 5.74) is 2.77. The molecule has 0 bridgehead atoms. The van der Waals surface area contributed by atoms with E-state index in [1.165, 1.54) is 22.1 Å². The fourth-order valence-corrected chi connectivity index (χ4v) is 5.09. The van der Waals surface area contributed by atoms with Gasteiger partial charge in [0, 0.05) is 12.6 Å². The molecular formula is C19H22N4O3S2. The first-order chi connectivity index (χ1) is 13.2. The summed E-state index contributed by atoms with van der Waals surface area (Å²) in [6.45, 7) is 7.60. The standard InChI is InChI=1S/C19H22N4O3S2/c1-12-5-6-13(2)17(11-12)28(25,26)20-9-10-23-18(24)8-7-16(22-23)19-14(3)21-15(4)27-19/h5-8,11,20H,9-10H2,1-4H3. The van der Waals surface area contributed by atoms with Crippen LogP contribution >= 0.6 is 11.3 Å². The molecule has 0 amide bonds. The van der Waals surface area contributed by atoms with E-state index in [-0.39, 0.29) is 23.5 Å². The number of aryl methyl sites for hydroxylation is 4. The maximum absolute atomic E-state index is 12.6. The van der Waals surface area contributed by atoms with Crippen molar-refractivity contribution in [3.63, 3.8) is 0 Å². The molecule has 1 aromatic carbocycles. The zero-order chi connectivity index (χ0) is 20.5. The van der Waals surface area contributed by atoms with Crippen molar-refractivity contribution in [2.24, 2.45) is 0 Å². The largest absolute Gasteiger partial charge is 0.268 e. The summed E-state index contributed by atoms with van der Waals surface area (Å²) < 4.78 is 29.0. The Morgan fingerprint density at radius 2 is 1.86 bits per heavy atom. The van der Waals surface area contributed by atoms with E-state index in [4.69, 9.17) is 0 Å². The first kappa shape index (κ1) is 20.4. The number of sulfonamides is 1. The third-order valence-electron chi connectivity index (χ3n) is 4.25. The van der Waals surface area contributed by atoms with Gasteiger partial charge < -0.3 is 0 Å². The quantitative estimate of drug-likeness (QED) is 0.664. The average Bonchev–Trinajstić information content (AvgIpc) is 2.97. The summed E-state index contributed by atoms with van der Waals surface area (Å²) in [6, 6.07) is 8.39. The van der Waals surface area contributed by atoms with E-state index in [1.54, 1.807) is 25.1 Å². The van der Waals surface area contributed by atoms with Crippen molar-refractivity contribution in [2.75, 3.05) is 6.54 Å². The Morgan fingerprint density at radius 3 is 2.54 bits per heavy atom. The fraction of sp³-hybridized carbons (Fsp3) is 0.316. The van der Waals surface area contributed by atoms with Gasteiger partial charge in [0.25, 0.3) is 5.56 Å². The first-order valence-corrected chi connectivity index (χ1v) is 11.1. The first-order valence-electron chi connectivity index (χ1n) is 8.77. The van der Waals surface area contributed by atoms with Crippen LogP contribution in [0.3, 0.4) is 0 Å². The number of rotatable bonds is 6. The summed E-state index contributed by atoms with van der Waals surface area (Å²) in [7, 11) is -3.66. The van der Waals surface area contributed by atoms with Crippen molar-refractivity contribution in [1.82, 2.24) is 19.5 Å². The van der Waals surface area contributed by atoms with E-state index in [9.17, 15) is 13.2 Å². The van der Waals surface area contributed by atoms with E-state index in [1.807, 2.05) is 26.8 Å². The minimum atomic E-state index is -3.66. The molecule has 2 heterocycles.